The Kier molecular flexibility index (Phi) is 4.99. The number of carbonyl (C=O) groups excluding carboxylic acids is 1. The van der Waals surface area contributed by atoms with E-state index in [9.17, 15) is 4.79 Å². The molecule has 0 spiro atoms. The molecule has 88 valence electrons. The van der Waals surface area contributed by atoms with E-state index in [1.807, 2.05) is 37.3 Å². The summed E-state index contributed by atoms with van der Waals surface area (Å²) in [7, 11) is 0. The van der Waals surface area contributed by atoms with Gasteiger partial charge in [0, 0.05) is 12.5 Å². The zero-order valence-electron chi connectivity index (χ0n) is 9.94. The average Bonchev–Trinajstić information content (AvgIpc) is 2.35. The monoisotopic (exact) mass is 220 g/mol. The third-order valence-electron chi connectivity index (χ3n) is 2.73. The highest BCUT2D eigenvalue weighted by molar-refractivity contribution is 5.78. The number of carbonyl (C=O) groups is 1. The second kappa shape index (κ2) is 6.28. The Hall–Kier alpha value is -1.35. The molecule has 0 aromatic heterocycles. The van der Waals surface area contributed by atoms with Crippen LogP contribution in [-0.2, 0) is 4.79 Å². The number of hydrogen-bond acceptors (Lipinski definition) is 2. The average molecular weight is 220 g/mol. The lowest BCUT2D eigenvalue weighted by Gasteiger charge is -2.19. The summed E-state index contributed by atoms with van der Waals surface area (Å²) in [6.07, 6.45) is 0.882. The first-order valence-corrected chi connectivity index (χ1v) is 5.74. The normalized spacial score (nSPS) is 14.2. The maximum Gasteiger partial charge on any atom is 0.224 e. The highest BCUT2D eigenvalue weighted by Crippen LogP contribution is 2.16. The lowest BCUT2D eigenvalue weighted by molar-refractivity contribution is -0.125. The number of nitrogens with two attached hydrogens (primary N) is 1. The number of hydrogen-bond donors (Lipinski definition) is 2. The molecule has 0 aliphatic carbocycles. The Morgan fingerprint density at radius 1 is 1.38 bits per heavy atom. The summed E-state index contributed by atoms with van der Waals surface area (Å²) in [5.74, 6) is -0.101. The molecule has 0 fully saturated rings. The third kappa shape index (κ3) is 3.35. The first kappa shape index (κ1) is 12.7. The predicted molar refractivity (Wildman–Crippen MR) is 65.8 cm³/mol. The van der Waals surface area contributed by atoms with Crippen LogP contribution in [0.3, 0.4) is 0 Å². The molecule has 0 aliphatic heterocycles. The Morgan fingerprint density at radius 3 is 2.50 bits per heavy atom. The van der Waals surface area contributed by atoms with Gasteiger partial charge in [-0.05, 0) is 12.0 Å². The van der Waals surface area contributed by atoms with E-state index < -0.39 is 0 Å². The molecule has 2 atom stereocenters. The van der Waals surface area contributed by atoms with E-state index in [0.29, 0.717) is 6.54 Å². The molecular formula is C13H20N2O. The molecule has 0 saturated carbocycles. The summed E-state index contributed by atoms with van der Waals surface area (Å²) in [5.41, 5.74) is 6.61. The molecule has 1 rings (SSSR count). The SMILES string of the molecule is CCC(NC(=O)C(C)CN)c1ccccc1. The second-order valence-electron chi connectivity index (χ2n) is 4.02. The minimum atomic E-state index is -0.127. The van der Waals surface area contributed by atoms with Crippen molar-refractivity contribution in [3.8, 4) is 0 Å². The minimum absolute atomic E-state index is 0.0261. The van der Waals surface area contributed by atoms with Gasteiger partial charge in [-0.25, -0.2) is 0 Å². The van der Waals surface area contributed by atoms with E-state index in [-0.39, 0.29) is 17.9 Å². The summed E-state index contributed by atoms with van der Waals surface area (Å²) in [5, 5.41) is 3.01. The van der Waals surface area contributed by atoms with Crippen LogP contribution in [0.1, 0.15) is 31.9 Å². The summed E-state index contributed by atoms with van der Waals surface area (Å²) >= 11 is 0. The van der Waals surface area contributed by atoms with Gasteiger partial charge in [-0.1, -0.05) is 44.2 Å². The van der Waals surface area contributed by atoms with Crippen molar-refractivity contribution in [2.24, 2.45) is 11.7 Å². The molecule has 0 bridgehead atoms. The molecule has 0 heterocycles. The van der Waals surface area contributed by atoms with Crippen molar-refractivity contribution in [2.45, 2.75) is 26.3 Å². The number of rotatable bonds is 5. The number of amides is 1. The van der Waals surface area contributed by atoms with Gasteiger partial charge in [-0.3, -0.25) is 4.79 Å². The molecule has 3 nitrogen and oxygen atoms in total. The smallest absolute Gasteiger partial charge is 0.224 e. The van der Waals surface area contributed by atoms with Gasteiger partial charge in [0.15, 0.2) is 0 Å². The van der Waals surface area contributed by atoms with E-state index in [1.165, 1.54) is 0 Å². The topological polar surface area (TPSA) is 55.1 Å². The molecule has 2 unspecified atom stereocenters. The van der Waals surface area contributed by atoms with Crippen LogP contribution in [0, 0.1) is 5.92 Å². The van der Waals surface area contributed by atoms with Crippen LogP contribution in [0.15, 0.2) is 30.3 Å². The second-order valence-corrected chi connectivity index (χ2v) is 4.02. The van der Waals surface area contributed by atoms with Gasteiger partial charge in [-0.2, -0.15) is 0 Å². The largest absolute Gasteiger partial charge is 0.349 e. The van der Waals surface area contributed by atoms with Gasteiger partial charge in [0.25, 0.3) is 0 Å². The van der Waals surface area contributed by atoms with Crippen molar-refractivity contribution in [1.29, 1.82) is 0 Å². The predicted octanol–water partition coefficient (Wildman–Crippen LogP) is 1.85. The molecule has 3 N–H and O–H groups in total. The van der Waals surface area contributed by atoms with Crippen LogP contribution in [0.25, 0.3) is 0 Å². The fraction of sp³-hybridized carbons (Fsp3) is 0.462. The zero-order valence-corrected chi connectivity index (χ0v) is 9.94. The Labute approximate surface area is 97.0 Å². The van der Waals surface area contributed by atoms with Crippen molar-refractivity contribution in [3.63, 3.8) is 0 Å². The van der Waals surface area contributed by atoms with Crippen LogP contribution in [0.5, 0.6) is 0 Å². The first-order valence-electron chi connectivity index (χ1n) is 5.74. The van der Waals surface area contributed by atoms with Crippen molar-refractivity contribution in [3.05, 3.63) is 35.9 Å². The minimum Gasteiger partial charge on any atom is -0.349 e. The van der Waals surface area contributed by atoms with Crippen LogP contribution in [0.4, 0.5) is 0 Å². The molecule has 16 heavy (non-hydrogen) atoms. The molecule has 0 radical (unpaired) electrons. The quantitative estimate of drug-likeness (QED) is 0.795. The molecule has 0 saturated heterocycles. The Bertz CT molecular complexity index is 324. The number of nitrogens with one attached hydrogen (secondary N) is 1. The molecule has 0 aliphatic rings. The summed E-state index contributed by atoms with van der Waals surface area (Å²) < 4.78 is 0. The Balaban J connectivity index is 2.66. The van der Waals surface area contributed by atoms with Gasteiger partial charge in [0.05, 0.1) is 6.04 Å². The summed E-state index contributed by atoms with van der Waals surface area (Å²) in [6, 6.07) is 10.1. The molecule has 1 aromatic carbocycles. The Morgan fingerprint density at radius 2 is 2.00 bits per heavy atom. The van der Waals surface area contributed by atoms with Gasteiger partial charge >= 0.3 is 0 Å². The van der Waals surface area contributed by atoms with Crippen molar-refractivity contribution in [1.82, 2.24) is 5.32 Å². The van der Waals surface area contributed by atoms with Crippen molar-refractivity contribution >= 4 is 5.91 Å². The van der Waals surface area contributed by atoms with Crippen LogP contribution >= 0.6 is 0 Å². The number of benzene rings is 1. The van der Waals surface area contributed by atoms with Gasteiger partial charge in [0.1, 0.15) is 0 Å². The van der Waals surface area contributed by atoms with E-state index >= 15 is 0 Å². The van der Waals surface area contributed by atoms with Crippen LogP contribution in [0.2, 0.25) is 0 Å². The van der Waals surface area contributed by atoms with Gasteiger partial charge < -0.3 is 11.1 Å². The summed E-state index contributed by atoms with van der Waals surface area (Å²) in [4.78, 5) is 11.7. The fourth-order valence-corrected chi connectivity index (χ4v) is 1.53. The molecule has 1 amide bonds. The zero-order chi connectivity index (χ0) is 12.0. The maximum absolute atomic E-state index is 11.7. The fourth-order valence-electron chi connectivity index (χ4n) is 1.53. The third-order valence-corrected chi connectivity index (χ3v) is 2.73. The lowest BCUT2D eigenvalue weighted by atomic mass is 10.0. The van der Waals surface area contributed by atoms with Crippen molar-refractivity contribution in [2.75, 3.05) is 6.54 Å². The van der Waals surface area contributed by atoms with Gasteiger partial charge in [-0.15, -0.1) is 0 Å². The van der Waals surface area contributed by atoms with Crippen molar-refractivity contribution < 1.29 is 4.79 Å². The molecule has 1 aromatic rings. The van der Waals surface area contributed by atoms with Crippen LogP contribution in [-0.4, -0.2) is 12.5 Å². The molecular weight excluding hydrogens is 200 g/mol. The highest BCUT2D eigenvalue weighted by Gasteiger charge is 2.16. The molecule has 3 heteroatoms. The van der Waals surface area contributed by atoms with E-state index in [2.05, 4.69) is 12.2 Å². The maximum atomic E-state index is 11.7. The first-order chi connectivity index (χ1) is 7.69. The van der Waals surface area contributed by atoms with E-state index in [0.717, 1.165) is 12.0 Å². The van der Waals surface area contributed by atoms with E-state index in [4.69, 9.17) is 5.73 Å². The van der Waals surface area contributed by atoms with Crippen LogP contribution < -0.4 is 11.1 Å². The van der Waals surface area contributed by atoms with Gasteiger partial charge in [0.2, 0.25) is 5.91 Å². The van der Waals surface area contributed by atoms with E-state index in [1.54, 1.807) is 0 Å². The summed E-state index contributed by atoms with van der Waals surface area (Å²) in [6.45, 7) is 4.29. The lowest BCUT2D eigenvalue weighted by Crippen LogP contribution is -2.35. The standard InChI is InChI=1S/C13H20N2O/c1-3-12(11-7-5-4-6-8-11)15-13(16)10(2)9-14/h4-8,10,12H,3,9,14H2,1-2H3,(H,15,16). The highest BCUT2D eigenvalue weighted by atomic mass is 16.1.